The molecule has 0 bridgehead atoms. The summed E-state index contributed by atoms with van der Waals surface area (Å²) in [6.07, 6.45) is 2.25. The molecule has 1 aromatic rings. The highest BCUT2D eigenvalue weighted by atomic mass is 79.9. The zero-order valence-electron chi connectivity index (χ0n) is 9.53. The van der Waals surface area contributed by atoms with E-state index in [9.17, 15) is 0 Å². The molecule has 2 N–H and O–H groups in total. The molecule has 1 saturated heterocycles. The van der Waals surface area contributed by atoms with E-state index in [2.05, 4.69) is 55.0 Å². The largest absolute Gasteiger partial charge is 0.328 e. The molecule has 0 unspecified atom stereocenters. The van der Waals surface area contributed by atoms with E-state index in [4.69, 9.17) is 5.73 Å². The Hall–Kier alpha value is 0.390. The molecule has 0 saturated carbocycles. The Morgan fingerprint density at radius 2 is 1.82 bits per heavy atom. The molecule has 0 radical (unpaired) electrons. The second-order valence-corrected chi connectivity index (χ2v) is 6.07. The van der Waals surface area contributed by atoms with Gasteiger partial charge in [0.2, 0.25) is 0 Å². The van der Waals surface area contributed by atoms with Gasteiger partial charge in [0, 0.05) is 21.5 Å². The molecule has 1 aliphatic heterocycles. The minimum absolute atomic E-state index is 0. The molecule has 96 valence electrons. The molecule has 2 nitrogen and oxygen atoms in total. The van der Waals surface area contributed by atoms with E-state index >= 15 is 0 Å². The Morgan fingerprint density at radius 3 is 2.41 bits per heavy atom. The van der Waals surface area contributed by atoms with Crippen molar-refractivity contribution in [2.24, 2.45) is 5.73 Å². The number of nitrogens with zero attached hydrogens (tertiary/aromatic N) is 1. The maximum Gasteiger partial charge on any atom is 0.0320 e. The van der Waals surface area contributed by atoms with Gasteiger partial charge in [0.1, 0.15) is 0 Å². The third kappa shape index (κ3) is 4.52. The van der Waals surface area contributed by atoms with Gasteiger partial charge >= 0.3 is 0 Å². The molecule has 0 aromatic heterocycles. The minimum Gasteiger partial charge on any atom is -0.328 e. The van der Waals surface area contributed by atoms with Crippen molar-refractivity contribution >= 4 is 44.3 Å². The van der Waals surface area contributed by atoms with Gasteiger partial charge in [-0.3, -0.25) is 4.90 Å². The molecule has 2 rings (SSSR count). The summed E-state index contributed by atoms with van der Waals surface area (Å²) in [7, 11) is 0. The highest BCUT2D eigenvalue weighted by molar-refractivity contribution is 9.13. The highest BCUT2D eigenvalue weighted by Gasteiger charge is 2.15. The number of nitrogens with two attached hydrogens (primary N) is 1. The van der Waals surface area contributed by atoms with E-state index in [0.717, 1.165) is 41.4 Å². The molecule has 1 aromatic carbocycles. The number of piperidine rings is 1. The first-order valence-corrected chi connectivity index (χ1v) is 7.15. The van der Waals surface area contributed by atoms with Crippen molar-refractivity contribution in [2.45, 2.75) is 25.4 Å². The quantitative estimate of drug-likeness (QED) is 0.845. The smallest absolute Gasteiger partial charge is 0.0320 e. The van der Waals surface area contributed by atoms with Gasteiger partial charge in [0.25, 0.3) is 0 Å². The van der Waals surface area contributed by atoms with Crippen molar-refractivity contribution in [1.82, 2.24) is 4.90 Å². The number of rotatable bonds is 2. The summed E-state index contributed by atoms with van der Waals surface area (Å²) >= 11 is 7.02. The summed E-state index contributed by atoms with van der Waals surface area (Å²) < 4.78 is 2.23. The standard InChI is InChI=1S/C12H16Br2N2.ClH/c13-11-2-1-9(7-12(11)14)8-16-5-3-10(15)4-6-16;/h1-2,7,10H,3-6,8,15H2;1H. The van der Waals surface area contributed by atoms with Crippen LogP contribution in [0, 0.1) is 0 Å². The zero-order chi connectivity index (χ0) is 11.5. The van der Waals surface area contributed by atoms with Gasteiger partial charge in [-0.1, -0.05) is 6.07 Å². The Kier molecular flexibility index (Phi) is 6.45. The van der Waals surface area contributed by atoms with E-state index in [1.165, 1.54) is 5.56 Å². The van der Waals surface area contributed by atoms with Crippen LogP contribution in [-0.2, 0) is 6.54 Å². The summed E-state index contributed by atoms with van der Waals surface area (Å²) in [5.41, 5.74) is 7.25. The van der Waals surface area contributed by atoms with Crippen LogP contribution in [0.1, 0.15) is 18.4 Å². The van der Waals surface area contributed by atoms with Crippen molar-refractivity contribution in [3.63, 3.8) is 0 Å². The number of halogens is 3. The SMILES string of the molecule is Cl.NC1CCN(Cc2ccc(Br)c(Br)c2)CC1. The predicted molar refractivity (Wildman–Crippen MR) is 81.6 cm³/mol. The average Bonchev–Trinajstić information content (AvgIpc) is 2.27. The fraction of sp³-hybridized carbons (Fsp3) is 0.500. The number of benzene rings is 1. The Labute approximate surface area is 126 Å². The summed E-state index contributed by atoms with van der Waals surface area (Å²) in [5.74, 6) is 0. The monoisotopic (exact) mass is 382 g/mol. The molecule has 17 heavy (non-hydrogen) atoms. The summed E-state index contributed by atoms with van der Waals surface area (Å²) in [4.78, 5) is 2.47. The van der Waals surface area contributed by atoms with Crippen LogP contribution in [0.5, 0.6) is 0 Å². The number of hydrogen-bond acceptors (Lipinski definition) is 2. The minimum atomic E-state index is 0. The van der Waals surface area contributed by atoms with Gasteiger partial charge in [-0.2, -0.15) is 0 Å². The third-order valence-corrected chi connectivity index (χ3v) is 4.90. The topological polar surface area (TPSA) is 29.3 Å². The van der Waals surface area contributed by atoms with Crippen LogP contribution in [0.3, 0.4) is 0 Å². The molecule has 5 heteroatoms. The van der Waals surface area contributed by atoms with Crippen LogP contribution in [-0.4, -0.2) is 24.0 Å². The normalized spacial score (nSPS) is 17.8. The lowest BCUT2D eigenvalue weighted by atomic mass is 10.1. The summed E-state index contributed by atoms with van der Waals surface area (Å²) in [6, 6.07) is 6.85. The van der Waals surface area contributed by atoms with E-state index in [-0.39, 0.29) is 12.4 Å². The fourth-order valence-electron chi connectivity index (χ4n) is 2.01. The molecular weight excluding hydrogens is 367 g/mol. The summed E-state index contributed by atoms with van der Waals surface area (Å²) in [5, 5.41) is 0. The number of hydrogen-bond donors (Lipinski definition) is 1. The first-order valence-electron chi connectivity index (χ1n) is 5.57. The van der Waals surface area contributed by atoms with Crippen LogP contribution in [0.15, 0.2) is 27.1 Å². The molecule has 1 heterocycles. The first kappa shape index (κ1) is 15.4. The first-order chi connectivity index (χ1) is 7.65. The zero-order valence-corrected chi connectivity index (χ0v) is 13.5. The molecule has 0 amide bonds. The molecule has 1 fully saturated rings. The van der Waals surface area contributed by atoms with Crippen LogP contribution in [0.25, 0.3) is 0 Å². The van der Waals surface area contributed by atoms with Gasteiger partial charge in [0.15, 0.2) is 0 Å². The van der Waals surface area contributed by atoms with Crippen molar-refractivity contribution in [1.29, 1.82) is 0 Å². The van der Waals surface area contributed by atoms with Crippen molar-refractivity contribution in [3.8, 4) is 0 Å². The molecule has 1 aliphatic rings. The predicted octanol–water partition coefficient (Wildman–Crippen LogP) is 3.56. The van der Waals surface area contributed by atoms with Crippen LogP contribution in [0.4, 0.5) is 0 Å². The van der Waals surface area contributed by atoms with Gasteiger partial charge in [-0.05, 0) is 75.5 Å². The third-order valence-electron chi connectivity index (χ3n) is 3.02. The van der Waals surface area contributed by atoms with Gasteiger partial charge in [-0.25, -0.2) is 0 Å². The second kappa shape index (κ2) is 7.10. The molecular formula is C12H17Br2ClN2. The lowest BCUT2D eigenvalue weighted by Gasteiger charge is -2.30. The van der Waals surface area contributed by atoms with E-state index in [1.807, 2.05) is 0 Å². The van der Waals surface area contributed by atoms with Crippen molar-refractivity contribution in [2.75, 3.05) is 13.1 Å². The second-order valence-electron chi connectivity index (χ2n) is 4.36. The van der Waals surface area contributed by atoms with Gasteiger partial charge in [-0.15, -0.1) is 12.4 Å². The summed E-state index contributed by atoms with van der Waals surface area (Å²) in [6.45, 7) is 3.27. The van der Waals surface area contributed by atoms with Gasteiger partial charge < -0.3 is 5.73 Å². The molecule has 0 spiro atoms. The van der Waals surface area contributed by atoms with Gasteiger partial charge in [0.05, 0.1) is 0 Å². The molecule has 0 aliphatic carbocycles. The molecule has 0 atom stereocenters. The Balaban J connectivity index is 0.00000144. The maximum absolute atomic E-state index is 5.89. The fourth-order valence-corrected chi connectivity index (χ4v) is 2.68. The maximum atomic E-state index is 5.89. The Bertz CT molecular complexity index is 366. The number of likely N-dealkylation sites (tertiary alicyclic amines) is 1. The van der Waals surface area contributed by atoms with E-state index < -0.39 is 0 Å². The van der Waals surface area contributed by atoms with E-state index in [1.54, 1.807) is 0 Å². The van der Waals surface area contributed by atoms with Crippen LogP contribution < -0.4 is 5.73 Å². The van der Waals surface area contributed by atoms with Crippen molar-refractivity contribution < 1.29 is 0 Å². The lowest BCUT2D eigenvalue weighted by Crippen LogP contribution is -2.39. The van der Waals surface area contributed by atoms with Crippen LogP contribution in [0.2, 0.25) is 0 Å². The average molecular weight is 385 g/mol. The lowest BCUT2D eigenvalue weighted by molar-refractivity contribution is 0.205. The Morgan fingerprint density at radius 1 is 1.18 bits per heavy atom. The van der Waals surface area contributed by atoms with E-state index in [0.29, 0.717) is 6.04 Å². The van der Waals surface area contributed by atoms with Crippen molar-refractivity contribution in [3.05, 3.63) is 32.7 Å². The highest BCUT2D eigenvalue weighted by Crippen LogP contribution is 2.24. The van der Waals surface area contributed by atoms with Crippen LogP contribution >= 0.6 is 44.3 Å².